The van der Waals surface area contributed by atoms with Gasteiger partial charge in [-0.25, -0.2) is 13.6 Å². The molecule has 6 heteroatoms. The molecule has 1 aromatic carbocycles. The van der Waals surface area contributed by atoms with Gasteiger partial charge in [-0.1, -0.05) is 11.6 Å². The van der Waals surface area contributed by atoms with Crippen molar-refractivity contribution in [1.82, 2.24) is 0 Å². The van der Waals surface area contributed by atoms with Crippen molar-refractivity contribution in [1.29, 1.82) is 0 Å². The number of amides is 1. The van der Waals surface area contributed by atoms with E-state index in [4.69, 9.17) is 16.3 Å². The van der Waals surface area contributed by atoms with Crippen LogP contribution in [-0.2, 0) is 4.74 Å². The molecule has 0 aliphatic rings. The van der Waals surface area contributed by atoms with E-state index in [2.05, 4.69) is 5.32 Å². The van der Waals surface area contributed by atoms with Crippen LogP contribution < -0.4 is 5.32 Å². The molecule has 3 nitrogen and oxygen atoms in total. The van der Waals surface area contributed by atoms with E-state index in [0.29, 0.717) is 6.07 Å². The van der Waals surface area contributed by atoms with Gasteiger partial charge in [0.15, 0.2) is 5.82 Å². The summed E-state index contributed by atoms with van der Waals surface area (Å²) in [5.74, 6) is -1.77. The van der Waals surface area contributed by atoms with Crippen molar-refractivity contribution in [3.05, 3.63) is 28.8 Å². The molecule has 0 aliphatic heterocycles. The Morgan fingerprint density at radius 1 is 1.35 bits per heavy atom. The third-order valence-corrected chi connectivity index (χ3v) is 1.93. The van der Waals surface area contributed by atoms with Crippen molar-refractivity contribution in [2.75, 3.05) is 5.32 Å². The number of carbonyl (C=O) groups excluding carboxylic acids is 1. The molecule has 1 amide bonds. The third kappa shape index (κ3) is 4.19. The largest absolute Gasteiger partial charge is 0.444 e. The lowest BCUT2D eigenvalue weighted by Crippen LogP contribution is -2.27. The Kier molecular flexibility index (Phi) is 3.93. The van der Waals surface area contributed by atoms with Gasteiger partial charge in [-0.15, -0.1) is 0 Å². The Labute approximate surface area is 103 Å². The van der Waals surface area contributed by atoms with Crippen molar-refractivity contribution < 1.29 is 18.3 Å². The second-order valence-corrected chi connectivity index (χ2v) is 4.78. The lowest BCUT2D eigenvalue weighted by Gasteiger charge is -2.20. The number of halogens is 3. The summed E-state index contributed by atoms with van der Waals surface area (Å²) in [5.41, 5.74) is -1.02. The van der Waals surface area contributed by atoms with Crippen LogP contribution in [-0.4, -0.2) is 11.7 Å². The molecule has 1 N–H and O–H groups in total. The number of rotatable bonds is 1. The Bertz CT molecular complexity index is 421. The summed E-state index contributed by atoms with van der Waals surface area (Å²) in [6.45, 7) is 4.99. The van der Waals surface area contributed by atoms with Crippen molar-refractivity contribution in [2.24, 2.45) is 0 Å². The van der Waals surface area contributed by atoms with Gasteiger partial charge in [-0.3, -0.25) is 5.32 Å². The Morgan fingerprint density at radius 2 is 1.94 bits per heavy atom. The van der Waals surface area contributed by atoms with Crippen molar-refractivity contribution in [3.63, 3.8) is 0 Å². The van der Waals surface area contributed by atoms with Crippen molar-refractivity contribution in [2.45, 2.75) is 26.4 Å². The summed E-state index contributed by atoms with van der Waals surface area (Å²) in [4.78, 5) is 11.4. The average molecular weight is 264 g/mol. The molecule has 0 heterocycles. The van der Waals surface area contributed by atoms with Gasteiger partial charge in [0.2, 0.25) is 0 Å². The molecule has 0 aliphatic carbocycles. The van der Waals surface area contributed by atoms with Gasteiger partial charge >= 0.3 is 6.09 Å². The number of nitrogens with one attached hydrogen (secondary N) is 1. The monoisotopic (exact) mass is 263 g/mol. The Hall–Kier alpha value is -1.36. The normalized spacial score (nSPS) is 11.2. The summed E-state index contributed by atoms with van der Waals surface area (Å²) >= 11 is 5.60. The van der Waals surface area contributed by atoms with Crippen LogP contribution in [0.2, 0.25) is 5.02 Å². The molecule has 17 heavy (non-hydrogen) atoms. The average Bonchev–Trinajstić information content (AvgIpc) is 2.08. The van der Waals surface area contributed by atoms with Crippen LogP contribution in [0.15, 0.2) is 12.1 Å². The third-order valence-electron chi connectivity index (χ3n) is 1.63. The summed E-state index contributed by atoms with van der Waals surface area (Å²) in [6, 6.07) is 1.52. The number of ether oxygens (including phenoxy) is 1. The number of carbonyl (C=O) groups is 1. The van der Waals surface area contributed by atoms with Gasteiger partial charge < -0.3 is 4.74 Å². The lowest BCUT2D eigenvalue weighted by molar-refractivity contribution is 0.0635. The molecular weight excluding hydrogens is 252 g/mol. The molecule has 94 valence electrons. The Morgan fingerprint density at radius 3 is 2.41 bits per heavy atom. The first-order valence-corrected chi connectivity index (χ1v) is 5.21. The first-order chi connectivity index (χ1) is 7.69. The van der Waals surface area contributed by atoms with Crippen LogP contribution in [0.5, 0.6) is 0 Å². The van der Waals surface area contributed by atoms with E-state index >= 15 is 0 Å². The highest BCUT2D eigenvalue weighted by Crippen LogP contribution is 2.26. The predicted octanol–water partition coefficient (Wildman–Crippen LogP) is 3.97. The van der Waals surface area contributed by atoms with Crippen molar-refractivity contribution in [3.8, 4) is 0 Å². The molecule has 0 fully saturated rings. The molecule has 0 bridgehead atoms. The summed E-state index contributed by atoms with van der Waals surface area (Å²) in [6.07, 6.45) is -0.857. The smallest absolute Gasteiger partial charge is 0.412 e. The van der Waals surface area contributed by atoms with E-state index < -0.39 is 23.3 Å². The fourth-order valence-electron chi connectivity index (χ4n) is 1.07. The van der Waals surface area contributed by atoms with Gasteiger partial charge in [0.05, 0.1) is 10.7 Å². The first kappa shape index (κ1) is 13.7. The number of anilines is 1. The topological polar surface area (TPSA) is 38.3 Å². The van der Waals surface area contributed by atoms with Gasteiger partial charge in [0.25, 0.3) is 0 Å². The van der Waals surface area contributed by atoms with E-state index in [0.717, 1.165) is 6.07 Å². The lowest BCUT2D eigenvalue weighted by atomic mass is 10.2. The van der Waals surface area contributed by atoms with Crippen LogP contribution in [0, 0.1) is 11.6 Å². The molecule has 0 saturated heterocycles. The number of hydrogen-bond donors (Lipinski definition) is 1. The zero-order valence-corrected chi connectivity index (χ0v) is 10.4. The van der Waals surface area contributed by atoms with Crippen LogP contribution in [0.25, 0.3) is 0 Å². The van der Waals surface area contributed by atoms with Crippen LogP contribution in [0.1, 0.15) is 20.8 Å². The van der Waals surface area contributed by atoms with E-state index in [-0.39, 0.29) is 10.7 Å². The van der Waals surface area contributed by atoms with Gasteiger partial charge in [0, 0.05) is 6.07 Å². The maximum Gasteiger partial charge on any atom is 0.412 e. The quantitative estimate of drug-likeness (QED) is 0.833. The second-order valence-electron chi connectivity index (χ2n) is 4.37. The Balaban J connectivity index is 2.86. The molecule has 1 rings (SSSR count). The minimum absolute atomic E-state index is 0.228. The zero-order valence-electron chi connectivity index (χ0n) is 9.61. The highest BCUT2D eigenvalue weighted by Gasteiger charge is 2.19. The maximum atomic E-state index is 13.3. The van der Waals surface area contributed by atoms with Crippen LogP contribution >= 0.6 is 11.6 Å². The second kappa shape index (κ2) is 4.87. The molecular formula is C11H12ClF2NO2. The summed E-state index contributed by atoms with van der Waals surface area (Å²) in [7, 11) is 0. The zero-order chi connectivity index (χ0) is 13.2. The SMILES string of the molecule is CC(C)(C)OC(=O)Nc1c(F)cc(F)cc1Cl. The van der Waals surface area contributed by atoms with Gasteiger partial charge in [0.1, 0.15) is 11.4 Å². The first-order valence-electron chi connectivity index (χ1n) is 4.83. The van der Waals surface area contributed by atoms with E-state index in [1.54, 1.807) is 20.8 Å². The van der Waals surface area contributed by atoms with E-state index in [9.17, 15) is 13.6 Å². The molecule has 0 aromatic heterocycles. The van der Waals surface area contributed by atoms with Gasteiger partial charge in [-0.05, 0) is 26.8 Å². The molecule has 1 aromatic rings. The fraction of sp³-hybridized carbons (Fsp3) is 0.364. The molecule has 0 saturated carbocycles. The van der Waals surface area contributed by atoms with Gasteiger partial charge in [-0.2, -0.15) is 0 Å². The highest BCUT2D eigenvalue weighted by atomic mass is 35.5. The van der Waals surface area contributed by atoms with E-state index in [1.807, 2.05) is 0 Å². The minimum atomic E-state index is -0.958. The molecule has 0 unspecified atom stereocenters. The van der Waals surface area contributed by atoms with Crippen LogP contribution in [0.4, 0.5) is 19.3 Å². The highest BCUT2D eigenvalue weighted by molar-refractivity contribution is 6.33. The van der Waals surface area contributed by atoms with Crippen molar-refractivity contribution >= 4 is 23.4 Å². The number of hydrogen-bond acceptors (Lipinski definition) is 2. The number of benzene rings is 1. The summed E-state index contributed by atoms with van der Waals surface area (Å²) in [5, 5.41) is 1.90. The fourth-order valence-corrected chi connectivity index (χ4v) is 1.31. The van der Waals surface area contributed by atoms with Crippen LogP contribution in [0.3, 0.4) is 0 Å². The van der Waals surface area contributed by atoms with E-state index in [1.165, 1.54) is 0 Å². The molecule has 0 atom stereocenters. The minimum Gasteiger partial charge on any atom is -0.444 e. The predicted molar refractivity (Wildman–Crippen MR) is 61.2 cm³/mol. The standard InChI is InChI=1S/C11H12ClF2NO2/c1-11(2,3)17-10(16)15-9-7(12)4-6(13)5-8(9)14/h4-5H,1-3H3,(H,15,16). The molecule has 0 spiro atoms. The summed E-state index contributed by atoms with van der Waals surface area (Å²) < 4.78 is 31.0. The maximum absolute atomic E-state index is 13.3. The molecule has 0 radical (unpaired) electrons.